The van der Waals surface area contributed by atoms with Gasteiger partial charge in [-0.25, -0.2) is 8.42 Å². The number of nitrogens with one attached hydrogen (secondary N) is 2. The maximum Gasteiger partial charge on any atom is 0.272 e. The molecule has 102 valence electrons. The molecular weight excluding hydrogens is 266 g/mol. The molecule has 3 rings (SSSR count). The molecule has 2 aliphatic rings. The fourth-order valence-corrected chi connectivity index (χ4v) is 3.81. The van der Waals surface area contributed by atoms with E-state index in [0.29, 0.717) is 5.69 Å². The van der Waals surface area contributed by atoms with Gasteiger partial charge in [-0.15, -0.1) is 0 Å². The summed E-state index contributed by atoms with van der Waals surface area (Å²) in [5, 5.41) is 10.8. The number of fused-ring (bicyclic) bond motifs is 1. The Hall–Kier alpha value is -1.63. The van der Waals surface area contributed by atoms with Crippen LogP contribution < -0.4 is 5.32 Å². The lowest BCUT2D eigenvalue weighted by molar-refractivity contribution is 0.0941. The molecule has 1 aliphatic heterocycles. The highest BCUT2D eigenvalue weighted by Gasteiger charge is 2.26. The Morgan fingerprint density at radius 2 is 2.16 bits per heavy atom. The Balaban J connectivity index is 1.75. The highest BCUT2D eigenvalue weighted by molar-refractivity contribution is 7.94. The number of aromatic nitrogens is 2. The molecule has 2 N–H and O–H groups in total. The fourth-order valence-electron chi connectivity index (χ4n) is 2.57. The number of carbonyl (C=O) groups is 1. The Kier molecular flexibility index (Phi) is 2.93. The summed E-state index contributed by atoms with van der Waals surface area (Å²) < 4.78 is 22.6. The summed E-state index contributed by atoms with van der Waals surface area (Å²) in [7, 11) is -3.15. The SMILES string of the molecule is O=C(NC1C=CS(=O)(=O)C1)c1n[nH]c2c1CCCC2. The number of H-pyrrole nitrogens is 1. The maximum absolute atomic E-state index is 12.1. The van der Waals surface area contributed by atoms with Gasteiger partial charge in [-0.1, -0.05) is 0 Å². The van der Waals surface area contributed by atoms with Crippen LogP contribution >= 0.6 is 0 Å². The summed E-state index contributed by atoms with van der Waals surface area (Å²) in [5.74, 6) is -0.364. The summed E-state index contributed by atoms with van der Waals surface area (Å²) >= 11 is 0. The van der Waals surface area contributed by atoms with E-state index in [1.807, 2.05) is 0 Å². The molecule has 2 heterocycles. The van der Waals surface area contributed by atoms with Gasteiger partial charge in [0.1, 0.15) is 0 Å². The van der Waals surface area contributed by atoms with Crippen LogP contribution in [0.3, 0.4) is 0 Å². The highest BCUT2D eigenvalue weighted by Crippen LogP contribution is 2.22. The van der Waals surface area contributed by atoms with Gasteiger partial charge in [0, 0.05) is 16.7 Å². The predicted molar refractivity (Wildman–Crippen MR) is 69.4 cm³/mol. The van der Waals surface area contributed by atoms with Crippen LogP contribution in [0.4, 0.5) is 0 Å². The topological polar surface area (TPSA) is 91.9 Å². The number of aromatic amines is 1. The fraction of sp³-hybridized carbons (Fsp3) is 0.500. The van der Waals surface area contributed by atoms with Gasteiger partial charge in [-0.3, -0.25) is 9.89 Å². The number of sulfone groups is 1. The van der Waals surface area contributed by atoms with Gasteiger partial charge in [-0.2, -0.15) is 5.10 Å². The molecule has 0 fully saturated rings. The smallest absolute Gasteiger partial charge is 0.272 e. The van der Waals surface area contributed by atoms with E-state index in [1.54, 1.807) is 0 Å². The van der Waals surface area contributed by atoms with E-state index in [0.717, 1.165) is 42.3 Å². The van der Waals surface area contributed by atoms with E-state index in [2.05, 4.69) is 15.5 Å². The zero-order valence-electron chi connectivity index (χ0n) is 10.3. The van der Waals surface area contributed by atoms with Crippen LogP contribution in [0.5, 0.6) is 0 Å². The minimum atomic E-state index is -3.15. The van der Waals surface area contributed by atoms with E-state index in [9.17, 15) is 13.2 Å². The molecule has 0 radical (unpaired) electrons. The molecule has 0 bridgehead atoms. The van der Waals surface area contributed by atoms with Gasteiger partial charge >= 0.3 is 0 Å². The van der Waals surface area contributed by atoms with E-state index in [-0.39, 0.29) is 11.7 Å². The first kappa shape index (κ1) is 12.4. The van der Waals surface area contributed by atoms with Crippen LogP contribution in [0.15, 0.2) is 11.5 Å². The van der Waals surface area contributed by atoms with Crippen molar-refractivity contribution < 1.29 is 13.2 Å². The Morgan fingerprint density at radius 1 is 1.37 bits per heavy atom. The van der Waals surface area contributed by atoms with Crippen molar-refractivity contribution >= 4 is 15.7 Å². The molecule has 1 aromatic rings. The van der Waals surface area contributed by atoms with Crippen molar-refractivity contribution in [3.63, 3.8) is 0 Å². The van der Waals surface area contributed by atoms with Gasteiger partial charge in [0.15, 0.2) is 15.5 Å². The van der Waals surface area contributed by atoms with Crippen LogP contribution in [0.25, 0.3) is 0 Å². The van der Waals surface area contributed by atoms with Crippen LogP contribution in [0.1, 0.15) is 34.6 Å². The molecule has 1 aliphatic carbocycles. The third-order valence-electron chi connectivity index (χ3n) is 3.52. The summed E-state index contributed by atoms with van der Waals surface area (Å²) in [6, 6.07) is -0.451. The van der Waals surface area contributed by atoms with Crippen molar-refractivity contribution in [3.05, 3.63) is 28.4 Å². The van der Waals surface area contributed by atoms with Crippen LogP contribution in [0, 0.1) is 0 Å². The zero-order valence-corrected chi connectivity index (χ0v) is 11.2. The molecule has 1 atom stereocenters. The Labute approximate surface area is 111 Å². The number of carbonyl (C=O) groups excluding carboxylic acids is 1. The van der Waals surface area contributed by atoms with E-state index >= 15 is 0 Å². The Morgan fingerprint density at radius 3 is 2.89 bits per heavy atom. The van der Waals surface area contributed by atoms with Crippen molar-refractivity contribution in [3.8, 4) is 0 Å². The lowest BCUT2D eigenvalue weighted by Crippen LogP contribution is -2.36. The van der Waals surface area contributed by atoms with E-state index < -0.39 is 15.9 Å². The summed E-state index contributed by atoms with van der Waals surface area (Å²) in [6.07, 6.45) is 5.46. The average molecular weight is 281 g/mol. The number of hydrogen-bond donors (Lipinski definition) is 2. The molecule has 0 aromatic carbocycles. The Bertz CT molecular complexity index is 645. The second-order valence-corrected chi connectivity index (χ2v) is 6.91. The number of nitrogens with zero attached hydrogens (tertiary/aromatic N) is 1. The van der Waals surface area contributed by atoms with E-state index in [1.165, 1.54) is 6.08 Å². The molecule has 1 unspecified atom stereocenters. The summed E-state index contributed by atoms with van der Waals surface area (Å²) in [6.45, 7) is 0. The zero-order chi connectivity index (χ0) is 13.5. The quantitative estimate of drug-likeness (QED) is 0.817. The minimum absolute atomic E-state index is 0.0641. The molecule has 19 heavy (non-hydrogen) atoms. The van der Waals surface area contributed by atoms with Gasteiger partial charge in [0.05, 0.1) is 11.8 Å². The van der Waals surface area contributed by atoms with E-state index in [4.69, 9.17) is 0 Å². The lowest BCUT2D eigenvalue weighted by Gasteiger charge is -2.12. The molecule has 0 saturated heterocycles. The highest BCUT2D eigenvalue weighted by atomic mass is 32.2. The standard InChI is InChI=1S/C12H15N3O3S/c16-12(13-8-5-6-19(17,18)7-8)11-9-3-1-2-4-10(9)14-15-11/h5-6,8H,1-4,7H2,(H,13,16)(H,14,15). The van der Waals surface area contributed by atoms with Crippen molar-refractivity contribution in [2.24, 2.45) is 0 Å². The van der Waals surface area contributed by atoms with Crippen molar-refractivity contribution in [2.45, 2.75) is 31.7 Å². The van der Waals surface area contributed by atoms with Crippen molar-refractivity contribution in [1.82, 2.24) is 15.5 Å². The lowest BCUT2D eigenvalue weighted by atomic mass is 9.96. The molecule has 1 aromatic heterocycles. The van der Waals surface area contributed by atoms with Crippen LogP contribution in [-0.4, -0.2) is 36.3 Å². The largest absolute Gasteiger partial charge is 0.343 e. The second-order valence-electron chi connectivity index (χ2n) is 4.97. The third-order valence-corrected chi connectivity index (χ3v) is 4.91. The molecule has 0 saturated carbocycles. The predicted octanol–water partition coefficient (Wildman–Crippen LogP) is 0.329. The first-order chi connectivity index (χ1) is 9.05. The monoisotopic (exact) mass is 281 g/mol. The maximum atomic E-state index is 12.1. The number of amides is 1. The third kappa shape index (κ3) is 2.42. The second kappa shape index (κ2) is 4.48. The van der Waals surface area contributed by atoms with Gasteiger partial charge < -0.3 is 5.32 Å². The summed E-state index contributed by atoms with van der Waals surface area (Å²) in [5.41, 5.74) is 2.42. The normalized spacial score (nSPS) is 24.1. The molecule has 0 spiro atoms. The first-order valence-electron chi connectivity index (χ1n) is 6.33. The molecular formula is C12H15N3O3S. The minimum Gasteiger partial charge on any atom is -0.343 e. The van der Waals surface area contributed by atoms with Crippen LogP contribution in [-0.2, 0) is 22.7 Å². The first-order valence-corrected chi connectivity index (χ1v) is 8.05. The molecule has 1 amide bonds. The van der Waals surface area contributed by atoms with Gasteiger partial charge in [-0.05, 0) is 31.8 Å². The summed E-state index contributed by atoms with van der Waals surface area (Å²) in [4.78, 5) is 12.1. The number of aryl methyl sites for hydroxylation is 1. The van der Waals surface area contributed by atoms with Crippen molar-refractivity contribution in [1.29, 1.82) is 0 Å². The molecule has 7 heteroatoms. The van der Waals surface area contributed by atoms with Crippen molar-refractivity contribution in [2.75, 3.05) is 5.75 Å². The number of hydrogen-bond acceptors (Lipinski definition) is 4. The number of rotatable bonds is 2. The average Bonchev–Trinajstić information content (AvgIpc) is 2.92. The van der Waals surface area contributed by atoms with Crippen LogP contribution in [0.2, 0.25) is 0 Å². The van der Waals surface area contributed by atoms with Gasteiger partial charge in [0.2, 0.25) is 0 Å². The van der Waals surface area contributed by atoms with Gasteiger partial charge in [0.25, 0.3) is 5.91 Å². The molecule has 6 nitrogen and oxygen atoms in total.